The third-order valence-electron chi connectivity index (χ3n) is 5.58. The molecule has 3 heteroatoms. The zero-order chi connectivity index (χ0) is 14.1. The van der Waals surface area contributed by atoms with E-state index in [2.05, 4.69) is 26.9 Å². The van der Waals surface area contributed by atoms with Gasteiger partial charge in [-0.05, 0) is 68.7 Å². The van der Waals surface area contributed by atoms with Crippen LogP contribution >= 0.6 is 0 Å². The molecule has 2 saturated heterocycles. The van der Waals surface area contributed by atoms with Gasteiger partial charge < -0.3 is 4.90 Å². The first-order chi connectivity index (χ1) is 10.3. The largest absolute Gasteiger partial charge is 0.302 e. The molecule has 1 aromatic heterocycles. The van der Waals surface area contributed by atoms with E-state index < -0.39 is 0 Å². The molecule has 0 N–H and O–H groups in total. The Hall–Kier alpha value is -0.930. The highest BCUT2D eigenvalue weighted by Crippen LogP contribution is 2.41. The predicted molar refractivity (Wildman–Crippen MR) is 85.0 cm³/mol. The summed E-state index contributed by atoms with van der Waals surface area (Å²) < 4.78 is 0. The summed E-state index contributed by atoms with van der Waals surface area (Å²) in [6, 6.07) is 6.28. The summed E-state index contributed by atoms with van der Waals surface area (Å²) in [5.41, 5.74) is 1.81. The van der Waals surface area contributed by atoms with Crippen LogP contribution in [0.5, 0.6) is 0 Å². The molecule has 2 aliphatic heterocycles. The smallest absolute Gasteiger partial charge is 0.0543 e. The quantitative estimate of drug-likeness (QED) is 0.848. The van der Waals surface area contributed by atoms with Gasteiger partial charge in [-0.15, -0.1) is 0 Å². The second kappa shape index (κ2) is 5.69. The molecule has 0 aromatic carbocycles. The summed E-state index contributed by atoms with van der Waals surface area (Å²) in [5.74, 6) is 1.04. The van der Waals surface area contributed by atoms with Gasteiger partial charge in [-0.1, -0.05) is 6.07 Å². The van der Waals surface area contributed by atoms with Crippen LogP contribution in [0, 0.1) is 11.3 Å². The van der Waals surface area contributed by atoms with E-state index in [0.717, 1.165) is 12.5 Å². The fraction of sp³-hybridized carbons (Fsp3) is 0.722. The molecule has 21 heavy (non-hydrogen) atoms. The van der Waals surface area contributed by atoms with Crippen molar-refractivity contribution < 1.29 is 0 Å². The highest BCUT2D eigenvalue weighted by molar-refractivity contribution is 5.04. The van der Waals surface area contributed by atoms with E-state index >= 15 is 0 Å². The third kappa shape index (κ3) is 3.29. The van der Waals surface area contributed by atoms with Crippen molar-refractivity contribution in [1.82, 2.24) is 14.8 Å². The molecule has 3 fully saturated rings. The van der Waals surface area contributed by atoms with E-state index in [-0.39, 0.29) is 0 Å². The van der Waals surface area contributed by atoms with Crippen molar-refractivity contribution in [3.8, 4) is 0 Å². The zero-order valence-electron chi connectivity index (χ0n) is 13.0. The van der Waals surface area contributed by atoms with Crippen LogP contribution in [0.25, 0.3) is 0 Å². The normalized spacial score (nSPS) is 31.0. The van der Waals surface area contributed by atoms with Gasteiger partial charge >= 0.3 is 0 Å². The molecule has 0 amide bonds. The summed E-state index contributed by atoms with van der Waals surface area (Å²) in [6.07, 6.45) is 9.10. The topological polar surface area (TPSA) is 19.4 Å². The number of hydrogen-bond donors (Lipinski definition) is 0. The number of piperidine rings is 1. The molecule has 0 bridgehead atoms. The van der Waals surface area contributed by atoms with Crippen molar-refractivity contribution in [2.75, 3.05) is 32.7 Å². The standard InChI is InChI=1S/C18H27N3/c1-2-9-19-17(4-1)13-20-10-3-7-18(14-20)8-11-21(15-18)12-16-5-6-16/h1-2,4,9,16H,3,5-8,10-15H2. The van der Waals surface area contributed by atoms with E-state index in [1.54, 1.807) is 0 Å². The first-order valence-electron chi connectivity index (χ1n) is 8.66. The van der Waals surface area contributed by atoms with Crippen LogP contribution in [-0.2, 0) is 6.54 Å². The molecule has 1 unspecified atom stereocenters. The fourth-order valence-electron chi connectivity index (χ4n) is 4.35. The van der Waals surface area contributed by atoms with Crippen LogP contribution in [0.1, 0.15) is 37.8 Å². The lowest BCUT2D eigenvalue weighted by atomic mass is 9.79. The number of pyridine rings is 1. The van der Waals surface area contributed by atoms with Gasteiger partial charge in [0, 0.05) is 32.4 Å². The average Bonchev–Trinajstić information content (AvgIpc) is 3.23. The number of aromatic nitrogens is 1. The van der Waals surface area contributed by atoms with Gasteiger partial charge in [-0.2, -0.15) is 0 Å². The Kier molecular flexibility index (Phi) is 3.72. The summed E-state index contributed by atoms with van der Waals surface area (Å²) in [4.78, 5) is 9.90. The van der Waals surface area contributed by atoms with Gasteiger partial charge in [0.15, 0.2) is 0 Å². The Labute approximate surface area is 128 Å². The average molecular weight is 285 g/mol. The minimum atomic E-state index is 0.585. The van der Waals surface area contributed by atoms with Crippen LogP contribution in [0.15, 0.2) is 24.4 Å². The Morgan fingerprint density at radius 1 is 1.10 bits per heavy atom. The fourth-order valence-corrected chi connectivity index (χ4v) is 4.35. The maximum Gasteiger partial charge on any atom is 0.0543 e. The molecule has 114 valence electrons. The van der Waals surface area contributed by atoms with E-state index in [1.807, 2.05) is 12.3 Å². The lowest BCUT2D eigenvalue weighted by Gasteiger charge is -2.40. The lowest BCUT2D eigenvalue weighted by molar-refractivity contribution is 0.0860. The SMILES string of the molecule is c1ccc(CN2CCCC3(CCN(CC4CC4)C3)C2)nc1. The van der Waals surface area contributed by atoms with Crippen molar-refractivity contribution in [3.05, 3.63) is 30.1 Å². The molecular formula is C18H27N3. The molecule has 0 radical (unpaired) electrons. The third-order valence-corrected chi connectivity index (χ3v) is 5.58. The monoisotopic (exact) mass is 285 g/mol. The lowest BCUT2D eigenvalue weighted by Crippen LogP contribution is -2.44. The summed E-state index contributed by atoms with van der Waals surface area (Å²) in [5, 5.41) is 0. The van der Waals surface area contributed by atoms with Gasteiger partial charge in [0.2, 0.25) is 0 Å². The van der Waals surface area contributed by atoms with Gasteiger partial charge in [-0.3, -0.25) is 9.88 Å². The summed E-state index contributed by atoms with van der Waals surface area (Å²) >= 11 is 0. The highest BCUT2D eigenvalue weighted by atomic mass is 15.2. The molecule has 4 rings (SSSR count). The van der Waals surface area contributed by atoms with E-state index in [0.29, 0.717) is 5.41 Å². The van der Waals surface area contributed by atoms with Crippen LogP contribution in [0.3, 0.4) is 0 Å². The van der Waals surface area contributed by atoms with Crippen molar-refractivity contribution in [1.29, 1.82) is 0 Å². The number of likely N-dealkylation sites (tertiary alicyclic amines) is 2. The first-order valence-corrected chi connectivity index (χ1v) is 8.66. The predicted octanol–water partition coefficient (Wildman–Crippen LogP) is 2.78. The van der Waals surface area contributed by atoms with Crippen molar-refractivity contribution in [2.24, 2.45) is 11.3 Å². The van der Waals surface area contributed by atoms with Crippen LogP contribution in [-0.4, -0.2) is 47.5 Å². The van der Waals surface area contributed by atoms with Crippen LogP contribution < -0.4 is 0 Å². The number of hydrogen-bond acceptors (Lipinski definition) is 3. The van der Waals surface area contributed by atoms with Crippen molar-refractivity contribution >= 4 is 0 Å². The molecule has 3 nitrogen and oxygen atoms in total. The van der Waals surface area contributed by atoms with Crippen molar-refractivity contribution in [3.63, 3.8) is 0 Å². The zero-order valence-corrected chi connectivity index (χ0v) is 13.0. The Morgan fingerprint density at radius 2 is 2.00 bits per heavy atom. The highest BCUT2D eigenvalue weighted by Gasteiger charge is 2.42. The van der Waals surface area contributed by atoms with Gasteiger partial charge in [0.25, 0.3) is 0 Å². The second-order valence-corrected chi connectivity index (χ2v) is 7.56. The minimum absolute atomic E-state index is 0.585. The van der Waals surface area contributed by atoms with Gasteiger partial charge in [0.05, 0.1) is 5.69 Å². The maximum atomic E-state index is 4.50. The molecule has 3 heterocycles. The summed E-state index contributed by atoms with van der Waals surface area (Å²) in [6.45, 7) is 7.63. The van der Waals surface area contributed by atoms with Gasteiger partial charge in [-0.25, -0.2) is 0 Å². The number of nitrogens with zero attached hydrogens (tertiary/aromatic N) is 3. The molecular weight excluding hydrogens is 258 g/mol. The Morgan fingerprint density at radius 3 is 2.81 bits per heavy atom. The van der Waals surface area contributed by atoms with Crippen molar-refractivity contribution in [2.45, 2.75) is 38.6 Å². The van der Waals surface area contributed by atoms with E-state index in [9.17, 15) is 0 Å². The molecule has 1 atom stereocenters. The molecule has 1 aliphatic carbocycles. The van der Waals surface area contributed by atoms with E-state index in [4.69, 9.17) is 0 Å². The number of rotatable bonds is 4. The van der Waals surface area contributed by atoms with E-state index in [1.165, 1.54) is 70.5 Å². The minimum Gasteiger partial charge on any atom is -0.302 e. The second-order valence-electron chi connectivity index (χ2n) is 7.56. The maximum absolute atomic E-state index is 4.50. The van der Waals surface area contributed by atoms with Crippen LogP contribution in [0.4, 0.5) is 0 Å². The van der Waals surface area contributed by atoms with Gasteiger partial charge in [0.1, 0.15) is 0 Å². The Bertz CT molecular complexity index is 471. The summed E-state index contributed by atoms with van der Waals surface area (Å²) in [7, 11) is 0. The molecule has 1 saturated carbocycles. The molecule has 1 spiro atoms. The molecule has 3 aliphatic rings. The molecule has 1 aromatic rings. The van der Waals surface area contributed by atoms with Crippen LogP contribution in [0.2, 0.25) is 0 Å². The first kappa shape index (κ1) is 13.7. The Balaban J connectivity index is 1.36.